The number of carbonyl (C=O) groups excluding carboxylic acids is 4. The van der Waals surface area contributed by atoms with E-state index in [0.29, 0.717) is 104 Å². The first-order valence-electron chi connectivity index (χ1n) is 29.3. The monoisotopic (exact) mass is 1310 g/mol. The lowest BCUT2D eigenvalue weighted by Crippen LogP contribution is -2.79. The van der Waals surface area contributed by atoms with Crippen LogP contribution in [0.3, 0.4) is 0 Å². The molecular formula is C56H103N14O5S8+3. The minimum absolute atomic E-state index is 0.100. The van der Waals surface area contributed by atoms with Gasteiger partial charge in [-0.15, -0.1) is 6.58 Å². The van der Waals surface area contributed by atoms with Crippen molar-refractivity contribution in [2.45, 2.75) is 83.6 Å². The number of nitrogens with one attached hydrogen (secondary N) is 3. The predicted octanol–water partition coefficient (Wildman–Crippen LogP) is 0.660. The fourth-order valence-electron chi connectivity index (χ4n) is 8.01. The highest BCUT2D eigenvalue weighted by Gasteiger charge is 2.17. The summed E-state index contributed by atoms with van der Waals surface area (Å²) in [5.41, 5.74) is 35.6. The van der Waals surface area contributed by atoms with E-state index >= 15 is 0 Å². The number of hydrogen-bond donors (Lipinski definition) is 9. The number of oxime groups is 1. The van der Waals surface area contributed by atoms with Crippen LogP contribution in [0.25, 0.3) is 0 Å². The Hall–Kier alpha value is -3.08. The molecule has 4 amide bonds. The van der Waals surface area contributed by atoms with Crippen LogP contribution < -0.4 is 49.4 Å². The van der Waals surface area contributed by atoms with Crippen molar-refractivity contribution >= 4 is 142 Å². The molecule has 0 atom stereocenters. The van der Waals surface area contributed by atoms with Gasteiger partial charge in [0.2, 0.25) is 23.6 Å². The zero-order valence-corrected chi connectivity index (χ0v) is 56.0. The summed E-state index contributed by atoms with van der Waals surface area (Å²) in [5, 5.41) is 4.22. The van der Waals surface area contributed by atoms with Crippen LogP contribution in [0.15, 0.2) is 42.1 Å². The van der Waals surface area contributed by atoms with Gasteiger partial charge in [-0.2, -0.15) is 94.1 Å². The summed E-state index contributed by atoms with van der Waals surface area (Å²) < 4.78 is 0. The maximum Gasteiger partial charge on any atom is 0.338 e. The van der Waals surface area contributed by atoms with Gasteiger partial charge in [-0.25, -0.2) is 0 Å². The molecule has 0 fully saturated rings. The van der Waals surface area contributed by atoms with Crippen molar-refractivity contribution in [2.75, 3.05) is 164 Å². The van der Waals surface area contributed by atoms with E-state index in [-0.39, 0.29) is 41.5 Å². The van der Waals surface area contributed by atoms with E-state index in [9.17, 15) is 19.2 Å². The number of fused-ring (bicyclic) bond motifs is 40. The van der Waals surface area contributed by atoms with Gasteiger partial charge in [0.25, 0.3) is 0 Å². The molecule has 0 saturated heterocycles. The average molecular weight is 1310 g/mol. The van der Waals surface area contributed by atoms with Crippen LogP contribution in [-0.4, -0.2) is 231 Å². The van der Waals surface area contributed by atoms with Gasteiger partial charge >= 0.3 is 17.9 Å². The van der Waals surface area contributed by atoms with Crippen LogP contribution >= 0.6 is 94.1 Å². The molecular weight excluding hydrogens is 1210 g/mol. The van der Waals surface area contributed by atoms with E-state index in [0.717, 1.165) is 155 Å². The number of amides is 4. The predicted molar refractivity (Wildman–Crippen MR) is 367 cm³/mol. The smallest absolute Gasteiger partial charge is 0.338 e. The summed E-state index contributed by atoms with van der Waals surface area (Å²) >= 11 is 15.0. The Bertz CT molecular complexity index is 2000. The highest BCUT2D eigenvalue weighted by Crippen LogP contribution is 2.18. The van der Waals surface area contributed by atoms with Crippen molar-refractivity contribution in [2.24, 2.45) is 39.6 Å². The van der Waals surface area contributed by atoms with Gasteiger partial charge in [0, 0.05) is 81.4 Å². The molecule has 2 bridgehead atoms. The zero-order chi connectivity index (χ0) is 60.2. The summed E-state index contributed by atoms with van der Waals surface area (Å²) in [6.45, 7) is 10.7. The largest absolute Gasteiger partial charge is 0.396 e. The molecule has 0 unspecified atom stereocenters. The summed E-state index contributed by atoms with van der Waals surface area (Å²) in [6, 6.07) is 8.21. The summed E-state index contributed by atoms with van der Waals surface area (Å²) in [5.74, 6) is 16.4. The average Bonchev–Trinajstić information content (AvgIpc) is 3.51. The molecule has 0 aliphatic carbocycles. The minimum Gasteiger partial charge on any atom is -0.396 e. The Morgan fingerprint density at radius 3 is 1.53 bits per heavy atom. The van der Waals surface area contributed by atoms with E-state index in [1.807, 2.05) is 121 Å². The van der Waals surface area contributed by atoms with E-state index in [4.69, 9.17) is 39.2 Å². The summed E-state index contributed by atoms with van der Waals surface area (Å²) in [6.07, 6.45) is 13.4. The van der Waals surface area contributed by atoms with E-state index < -0.39 is 0 Å². The second-order valence-corrected chi connectivity index (χ2v) is 29.2. The number of guanidine groups is 3. The second-order valence-electron chi connectivity index (χ2n) is 19.4. The molecule has 2 heterocycles. The first-order valence-corrected chi connectivity index (χ1v) is 38.6. The van der Waals surface area contributed by atoms with Gasteiger partial charge in [0.1, 0.15) is 6.61 Å². The number of hydrogen-bond acceptors (Lipinski definition) is 14. The lowest BCUT2D eigenvalue weighted by molar-refractivity contribution is -0.459. The van der Waals surface area contributed by atoms with Crippen LogP contribution in [0.2, 0.25) is 0 Å². The number of carbonyl (C=O) groups is 4. The Morgan fingerprint density at radius 1 is 0.578 bits per heavy atom. The van der Waals surface area contributed by atoms with Crippen LogP contribution in [0, 0.1) is 0 Å². The van der Waals surface area contributed by atoms with Gasteiger partial charge in [-0.3, -0.25) is 68.6 Å². The van der Waals surface area contributed by atoms with Gasteiger partial charge in [-0.05, 0) is 132 Å². The molecule has 0 aromatic heterocycles. The lowest BCUT2D eigenvalue weighted by atomic mass is 10.1. The third kappa shape index (κ3) is 44.1. The van der Waals surface area contributed by atoms with Crippen molar-refractivity contribution in [3.63, 3.8) is 0 Å². The molecule has 0 saturated carbocycles. The van der Waals surface area contributed by atoms with Crippen LogP contribution in [0.1, 0.15) is 88.2 Å². The van der Waals surface area contributed by atoms with Crippen LogP contribution in [0.5, 0.6) is 0 Å². The maximum absolute atomic E-state index is 13.8. The molecule has 2 aliphatic rings. The molecule has 1 aromatic carbocycles. The molecule has 19 nitrogen and oxygen atoms in total. The number of nitrogens with two attached hydrogens (primary N) is 6. The number of benzene rings is 1. The van der Waals surface area contributed by atoms with E-state index in [2.05, 4.69) is 38.8 Å². The minimum atomic E-state index is 0.100. The fourth-order valence-corrected chi connectivity index (χ4v) is 15.8. The maximum atomic E-state index is 13.8. The quantitative estimate of drug-likeness (QED) is 0.0334. The number of thioether (sulfide) groups is 8. The van der Waals surface area contributed by atoms with Crippen molar-refractivity contribution < 1.29 is 39.0 Å². The zero-order valence-electron chi connectivity index (χ0n) is 49.5. The third-order valence-corrected chi connectivity index (χ3v) is 21.2. The van der Waals surface area contributed by atoms with E-state index in [1.165, 1.54) is 0 Å². The van der Waals surface area contributed by atoms with Crippen molar-refractivity contribution in [3.05, 3.63) is 48.0 Å². The van der Waals surface area contributed by atoms with Crippen molar-refractivity contribution in [1.82, 2.24) is 19.6 Å². The summed E-state index contributed by atoms with van der Waals surface area (Å²) in [4.78, 5) is 75.2. The molecule has 472 valence electrons. The first-order chi connectivity index (χ1) is 40.4. The standard InChI is InChI=1S/C56H100N14O5S8/c1-2-22-67(26-19-63-54(57)58)50(71)15-42-80-38-9-36-78-32-5-25-70-47-49-13-11-48(12-14-49)46-66-75-29-6-33-79-37-10-41-82-44-17-52(73)69(28-21-65-56(61)62)23-3-30-76-34-7-39-81-43-16-51(72)68(27-20-64-55(59)60)24-4-31-77-35-8-40-83-45-18-53(70)74/h2,11-14,46H,1,3-10,15-45,47H2,(H4,57,58,63)(H4,59,60,64)(H4,61,62,65)/p+3/b66-46-. The molecule has 83 heavy (non-hydrogen) atoms. The molecule has 2 aliphatic heterocycles. The second kappa shape index (κ2) is 53.2. The highest BCUT2D eigenvalue weighted by molar-refractivity contribution is 8.01. The van der Waals surface area contributed by atoms with Gasteiger partial charge in [0.15, 0.2) is 0 Å². The highest BCUT2D eigenvalue weighted by atomic mass is 32.2. The third-order valence-electron chi connectivity index (χ3n) is 12.3. The summed E-state index contributed by atoms with van der Waals surface area (Å²) in [7, 11) is 0. The Kier molecular flexibility index (Phi) is 48.7. The Labute approximate surface area is 531 Å². The molecule has 1 aromatic rings. The van der Waals surface area contributed by atoms with Crippen LogP contribution in [0.4, 0.5) is 0 Å². The Balaban J connectivity index is 1.95. The van der Waals surface area contributed by atoms with Gasteiger partial charge < -0.3 is 24.4 Å². The van der Waals surface area contributed by atoms with E-state index in [1.54, 1.807) is 17.2 Å². The lowest BCUT2D eigenvalue weighted by Gasteiger charge is -2.23. The fraction of sp³-hybridized carbons (Fsp3) is 0.714. The topological polar surface area (TPSA) is 301 Å². The van der Waals surface area contributed by atoms with Crippen molar-refractivity contribution in [3.8, 4) is 0 Å². The Morgan fingerprint density at radius 2 is 1.02 bits per heavy atom. The first kappa shape index (κ1) is 76.0. The van der Waals surface area contributed by atoms with Gasteiger partial charge in [0.05, 0.1) is 45.5 Å². The normalized spacial score (nSPS) is 17.5. The SMILES string of the molecule is C=CCN(CC[NH+]=C(N)N)C(=O)CCSCCCSCCCN1Cc2ccc(cc2)/C=N\OCCCSCCCSCCC(=O)N(CC[NH+]=C(N)N)CCCSCCCSCCC(=O)N(CC[NH+]=C(N)N)CCCSCCCSCCC1=O. The molecule has 15 N–H and O–H groups in total. The van der Waals surface area contributed by atoms with Crippen molar-refractivity contribution in [1.29, 1.82) is 0 Å². The number of nitrogens with zero attached hydrogens (tertiary/aromatic N) is 5. The molecule has 3 rings (SSSR count). The van der Waals surface area contributed by atoms with Gasteiger partial charge in [-0.1, -0.05) is 35.5 Å². The number of rotatable bonds is 22. The molecule has 0 radical (unpaired) electrons. The molecule has 27 heteroatoms. The van der Waals surface area contributed by atoms with Crippen LogP contribution in [-0.2, 0) is 30.6 Å². The molecule has 0 spiro atoms.